The highest BCUT2D eigenvalue weighted by Crippen LogP contribution is 2.40. The number of hydrogen-bond donors (Lipinski definition) is 0. The van der Waals surface area contributed by atoms with E-state index in [9.17, 15) is 4.79 Å². The smallest absolute Gasteiger partial charge is 0.295 e. The molecule has 0 bridgehead atoms. The van der Waals surface area contributed by atoms with Crippen molar-refractivity contribution in [1.29, 1.82) is 0 Å². The summed E-state index contributed by atoms with van der Waals surface area (Å²) >= 11 is 1.42. The number of fused-ring (bicyclic) bond motifs is 2. The van der Waals surface area contributed by atoms with E-state index in [1.165, 1.54) is 11.3 Å². The Morgan fingerprint density at radius 2 is 1.88 bits per heavy atom. The van der Waals surface area contributed by atoms with Crippen molar-refractivity contribution in [3.63, 3.8) is 0 Å². The van der Waals surface area contributed by atoms with E-state index in [2.05, 4.69) is 4.90 Å². The summed E-state index contributed by atoms with van der Waals surface area (Å²) in [5, 5.41) is 1.48. The summed E-state index contributed by atoms with van der Waals surface area (Å²) in [5.74, 6) is 1.42. The van der Waals surface area contributed by atoms with Crippen LogP contribution in [0, 0.1) is 0 Å². The van der Waals surface area contributed by atoms with Crippen LogP contribution in [0.1, 0.15) is 17.0 Å². The zero-order valence-electron chi connectivity index (χ0n) is 19.3. The van der Waals surface area contributed by atoms with E-state index in [1.807, 2.05) is 36.4 Å². The maximum Gasteiger partial charge on any atom is 0.295 e. The molecule has 0 saturated carbocycles. The minimum absolute atomic E-state index is 0.213. The van der Waals surface area contributed by atoms with Crippen LogP contribution in [-0.2, 0) is 4.74 Å². The van der Waals surface area contributed by atoms with Gasteiger partial charge in [-0.3, -0.25) is 14.6 Å². The van der Waals surface area contributed by atoms with Gasteiger partial charge < -0.3 is 18.6 Å². The number of para-hydroxylation sites is 1. The minimum Gasteiger partial charge on any atom is -0.495 e. The number of hydrogen-bond acceptors (Lipinski definition) is 8. The third-order valence-corrected chi connectivity index (χ3v) is 7.06. The van der Waals surface area contributed by atoms with Crippen molar-refractivity contribution in [3.8, 4) is 11.5 Å². The van der Waals surface area contributed by atoms with Gasteiger partial charge in [-0.05, 0) is 30.7 Å². The van der Waals surface area contributed by atoms with Crippen LogP contribution in [0.25, 0.3) is 21.2 Å². The summed E-state index contributed by atoms with van der Waals surface area (Å²) in [4.78, 5) is 22.6. The minimum atomic E-state index is -0.213. The van der Waals surface area contributed by atoms with Gasteiger partial charge in [0.1, 0.15) is 27.3 Å². The number of morpholine rings is 1. The van der Waals surface area contributed by atoms with Crippen molar-refractivity contribution in [3.05, 3.63) is 48.2 Å². The lowest BCUT2D eigenvalue weighted by atomic mass is 10.2. The van der Waals surface area contributed by atoms with Crippen LogP contribution in [0.5, 0.6) is 11.5 Å². The number of methoxy groups -OCH3 is 2. The molecular weight excluding hydrogens is 454 g/mol. The molecule has 0 N–H and O–H groups in total. The van der Waals surface area contributed by atoms with Gasteiger partial charge in [-0.2, -0.15) is 0 Å². The highest BCUT2D eigenvalue weighted by Gasteiger charge is 2.26. The third-order valence-electron chi connectivity index (χ3n) is 5.97. The number of anilines is 1. The second-order valence-electron chi connectivity index (χ2n) is 8.06. The van der Waals surface area contributed by atoms with Gasteiger partial charge in [0, 0.05) is 31.6 Å². The van der Waals surface area contributed by atoms with Crippen LogP contribution < -0.4 is 14.4 Å². The van der Waals surface area contributed by atoms with Crippen molar-refractivity contribution in [1.82, 2.24) is 9.88 Å². The molecule has 4 aromatic rings. The lowest BCUT2D eigenvalue weighted by Gasteiger charge is -2.27. The first kappa shape index (κ1) is 22.6. The number of carbonyl (C=O) groups is 1. The second kappa shape index (κ2) is 10.0. The molecule has 3 heterocycles. The number of thiazole rings is 1. The monoisotopic (exact) mass is 481 g/mol. The van der Waals surface area contributed by atoms with Gasteiger partial charge >= 0.3 is 0 Å². The van der Waals surface area contributed by atoms with Gasteiger partial charge in [-0.25, -0.2) is 4.98 Å². The standard InChI is InChI=1S/C25H27N3O5S/c1-30-19-8-9-20(31-2)23-22(19)26-25(34-23)28(11-5-10-27-12-14-32-15-13-27)24(29)21-16-17-6-3-4-7-18(17)33-21/h3-4,6-9,16H,5,10-15H2,1-2H3. The molecule has 34 heavy (non-hydrogen) atoms. The van der Waals surface area contributed by atoms with Crippen LogP contribution in [0.15, 0.2) is 46.9 Å². The molecule has 1 aliphatic rings. The van der Waals surface area contributed by atoms with Crippen LogP contribution in [0.3, 0.4) is 0 Å². The fourth-order valence-corrected chi connectivity index (χ4v) is 5.27. The van der Waals surface area contributed by atoms with E-state index in [-0.39, 0.29) is 5.91 Å². The van der Waals surface area contributed by atoms with E-state index in [0.717, 1.165) is 49.4 Å². The number of carbonyl (C=O) groups excluding carboxylic acids is 1. The first-order valence-electron chi connectivity index (χ1n) is 11.3. The number of benzene rings is 2. The normalized spacial score (nSPS) is 14.5. The Balaban J connectivity index is 1.48. The Labute approximate surface area is 201 Å². The number of rotatable bonds is 8. The molecule has 8 nitrogen and oxygen atoms in total. The molecule has 0 radical (unpaired) electrons. The molecule has 1 fully saturated rings. The van der Waals surface area contributed by atoms with Gasteiger partial charge in [-0.1, -0.05) is 29.5 Å². The summed E-state index contributed by atoms with van der Waals surface area (Å²) in [6.07, 6.45) is 0.802. The van der Waals surface area contributed by atoms with Crippen molar-refractivity contribution in [2.24, 2.45) is 0 Å². The topological polar surface area (TPSA) is 77.3 Å². The average Bonchev–Trinajstić information content (AvgIpc) is 3.51. The quantitative estimate of drug-likeness (QED) is 0.368. The van der Waals surface area contributed by atoms with Crippen LogP contribution >= 0.6 is 11.3 Å². The number of ether oxygens (including phenoxy) is 3. The van der Waals surface area contributed by atoms with Crippen molar-refractivity contribution in [2.75, 3.05) is 58.5 Å². The molecule has 1 aliphatic heterocycles. The Morgan fingerprint density at radius 1 is 1.12 bits per heavy atom. The Kier molecular flexibility index (Phi) is 6.66. The first-order chi connectivity index (χ1) is 16.7. The lowest BCUT2D eigenvalue weighted by molar-refractivity contribution is 0.0376. The summed E-state index contributed by atoms with van der Waals surface area (Å²) in [6, 6.07) is 13.1. The Morgan fingerprint density at radius 3 is 2.65 bits per heavy atom. The zero-order valence-corrected chi connectivity index (χ0v) is 20.1. The molecule has 0 atom stereocenters. The van der Waals surface area contributed by atoms with Crippen molar-refractivity contribution >= 4 is 43.6 Å². The van der Waals surface area contributed by atoms with Gasteiger partial charge in [0.15, 0.2) is 10.9 Å². The largest absolute Gasteiger partial charge is 0.495 e. The molecule has 1 saturated heterocycles. The first-order valence-corrected chi connectivity index (χ1v) is 12.1. The molecule has 2 aromatic heterocycles. The van der Waals surface area contributed by atoms with Crippen LogP contribution in [-0.4, -0.2) is 69.4 Å². The van der Waals surface area contributed by atoms with Crippen molar-refractivity contribution < 1.29 is 23.4 Å². The van der Waals surface area contributed by atoms with Crippen LogP contribution in [0.2, 0.25) is 0 Å². The highest BCUT2D eigenvalue weighted by atomic mass is 32.1. The molecule has 0 aliphatic carbocycles. The fraction of sp³-hybridized carbons (Fsp3) is 0.360. The lowest BCUT2D eigenvalue weighted by Crippen LogP contribution is -2.39. The molecular formula is C25H27N3O5S. The van der Waals surface area contributed by atoms with Crippen molar-refractivity contribution in [2.45, 2.75) is 6.42 Å². The molecule has 0 unspecified atom stereocenters. The summed E-state index contributed by atoms with van der Waals surface area (Å²) in [7, 11) is 3.24. The van der Waals surface area contributed by atoms with E-state index in [0.29, 0.717) is 40.0 Å². The van der Waals surface area contributed by atoms with E-state index < -0.39 is 0 Å². The van der Waals surface area contributed by atoms with Crippen LogP contribution in [0.4, 0.5) is 5.13 Å². The third kappa shape index (κ3) is 4.46. The number of furan rings is 1. The highest BCUT2D eigenvalue weighted by molar-refractivity contribution is 7.22. The number of nitrogens with zero attached hydrogens (tertiary/aromatic N) is 3. The second-order valence-corrected chi connectivity index (χ2v) is 9.03. The van der Waals surface area contributed by atoms with Gasteiger partial charge in [0.05, 0.1) is 27.4 Å². The number of aromatic nitrogens is 1. The fourth-order valence-electron chi connectivity index (χ4n) is 4.17. The predicted octanol–water partition coefficient (Wildman–Crippen LogP) is 4.43. The molecule has 5 rings (SSSR count). The van der Waals surface area contributed by atoms with E-state index >= 15 is 0 Å². The summed E-state index contributed by atoms with van der Waals surface area (Å²) in [5.41, 5.74) is 1.36. The Hall–Kier alpha value is -3.14. The predicted molar refractivity (Wildman–Crippen MR) is 132 cm³/mol. The molecule has 0 spiro atoms. The zero-order chi connectivity index (χ0) is 23.5. The van der Waals surface area contributed by atoms with E-state index in [1.54, 1.807) is 25.2 Å². The maximum atomic E-state index is 13.7. The molecule has 2 aromatic carbocycles. The maximum absolute atomic E-state index is 13.7. The van der Waals surface area contributed by atoms with Gasteiger partial charge in [-0.15, -0.1) is 0 Å². The molecule has 9 heteroatoms. The summed E-state index contributed by atoms with van der Waals surface area (Å²) in [6.45, 7) is 4.71. The summed E-state index contributed by atoms with van der Waals surface area (Å²) < 4.78 is 23.2. The Bertz CT molecular complexity index is 1220. The van der Waals surface area contributed by atoms with E-state index in [4.69, 9.17) is 23.6 Å². The molecule has 178 valence electrons. The van der Waals surface area contributed by atoms with Gasteiger partial charge in [0.25, 0.3) is 5.91 Å². The van der Waals surface area contributed by atoms with Gasteiger partial charge in [0.2, 0.25) is 0 Å². The average molecular weight is 482 g/mol. The molecule has 1 amide bonds. The SMILES string of the molecule is COc1ccc(OC)c2sc(N(CCCN3CCOCC3)C(=O)c3cc4ccccc4o3)nc12. The number of amides is 1.